The third-order valence-electron chi connectivity index (χ3n) is 5.96. The molecule has 0 spiro atoms. The summed E-state index contributed by atoms with van der Waals surface area (Å²) < 4.78 is 2.06. The molecule has 1 saturated carbocycles. The second-order valence-corrected chi connectivity index (χ2v) is 8.71. The molecule has 152 valence electrons. The van der Waals surface area contributed by atoms with Crippen LogP contribution >= 0.6 is 0 Å². The van der Waals surface area contributed by atoms with Crippen molar-refractivity contribution in [2.75, 3.05) is 0 Å². The molecule has 0 radical (unpaired) electrons. The Balaban J connectivity index is 1.73. The summed E-state index contributed by atoms with van der Waals surface area (Å²) in [5.41, 5.74) is 6.36. The summed E-state index contributed by atoms with van der Waals surface area (Å²) in [5, 5.41) is 4.16. The summed E-state index contributed by atoms with van der Waals surface area (Å²) >= 11 is 0. The molecule has 3 aromatic rings. The summed E-state index contributed by atoms with van der Waals surface area (Å²) in [6.45, 7) is 8.35. The number of hydrogen-bond donors (Lipinski definition) is 2. The maximum absolute atomic E-state index is 13.2. The van der Waals surface area contributed by atoms with Crippen molar-refractivity contribution in [1.29, 1.82) is 0 Å². The fourth-order valence-corrected chi connectivity index (χ4v) is 4.25. The molecule has 1 aliphatic rings. The molecule has 0 aliphatic heterocycles. The van der Waals surface area contributed by atoms with Gasteiger partial charge in [0.1, 0.15) is 0 Å². The number of benzene rings is 1. The second-order valence-electron chi connectivity index (χ2n) is 8.71. The minimum Gasteiger partial charge on any atom is -0.350 e. The van der Waals surface area contributed by atoms with Crippen LogP contribution in [0, 0.1) is 13.8 Å². The predicted octanol–water partition coefficient (Wildman–Crippen LogP) is 4.41. The van der Waals surface area contributed by atoms with Gasteiger partial charge in [-0.25, -0.2) is 0 Å². The van der Waals surface area contributed by atoms with E-state index in [0.717, 1.165) is 16.8 Å². The van der Waals surface area contributed by atoms with E-state index < -0.39 is 0 Å². The molecule has 4 rings (SSSR count). The first-order chi connectivity index (χ1) is 13.8. The van der Waals surface area contributed by atoms with Gasteiger partial charge in [-0.3, -0.25) is 9.59 Å². The SMILES string of the molecule is Cc1cc(C)c(CNC(=O)c2cc(C3CC3)cc3c(C(C)C)cn(C)c23)c(=O)[nH]1. The fraction of sp³-hybridized carbons (Fsp3) is 0.417. The second kappa shape index (κ2) is 7.21. The van der Waals surface area contributed by atoms with Gasteiger partial charge >= 0.3 is 0 Å². The zero-order chi connectivity index (χ0) is 20.9. The van der Waals surface area contributed by atoms with Gasteiger partial charge in [-0.2, -0.15) is 0 Å². The maximum Gasteiger partial charge on any atom is 0.253 e. The summed E-state index contributed by atoms with van der Waals surface area (Å²) in [4.78, 5) is 28.3. The molecule has 2 aromatic heterocycles. The van der Waals surface area contributed by atoms with Gasteiger partial charge in [0.05, 0.1) is 11.1 Å². The molecule has 0 bridgehead atoms. The largest absolute Gasteiger partial charge is 0.350 e. The number of H-pyrrole nitrogens is 1. The van der Waals surface area contributed by atoms with Crippen LogP contribution in [-0.4, -0.2) is 15.5 Å². The van der Waals surface area contributed by atoms with Crippen molar-refractivity contribution < 1.29 is 4.79 Å². The van der Waals surface area contributed by atoms with Crippen molar-refractivity contribution in [1.82, 2.24) is 14.9 Å². The van der Waals surface area contributed by atoms with Crippen molar-refractivity contribution in [3.05, 3.63) is 68.3 Å². The molecule has 29 heavy (non-hydrogen) atoms. The highest BCUT2D eigenvalue weighted by molar-refractivity contribution is 6.07. The monoisotopic (exact) mass is 391 g/mol. The van der Waals surface area contributed by atoms with Crippen LogP contribution in [0.2, 0.25) is 0 Å². The van der Waals surface area contributed by atoms with Crippen LogP contribution in [0.3, 0.4) is 0 Å². The lowest BCUT2D eigenvalue weighted by atomic mass is 9.97. The van der Waals surface area contributed by atoms with Gasteiger partial charge in [-0.05, 0) is 73.4 Å². The molecule has 1 aliphatic carbocycles. The van der Waals surface area contributed by atoms with E-state index in [4.69, 9.17) is 0 Å². The van der Waals surface area contributed by atoms with Gasteiger partial charge < -0.3 is 14.9 Å². The number of amides is 1. The number of fused-ring (bicyclic) bond motifs is 1. The molecule has 0 unspecified atom stereocenters. The maximum atomic E-state index is 13.2. The number of aromatic nitrogens is 2. The Morgan fingerprint density at radius 3 is 2.59 bits per heavy atom. The Morgan fingerprint density at radius 1 is 1.24 bits per heavy atom. The minimum atomic E-state index is -0.138. The number of hydrogen-bond acceptors (Lipinski definition) is 2. The normalized spacial score (nSPS) is 14.0. The van der Waals surface area contributed by atoms with E-state index in [1.54, 1.807) is 0 Å². The van der Waals surface area contributed by atoms with Crippen molar-refractivity contribution in [2.45, 2.75) is 58.9 Å². The highest BCUT2D eigenvalue weighted by Gasteiger charge is 2.27. The van der Waals surface area contributed by atoms with E-state index in [1.807, 2.05) is 33.0 Å². The van der Waals surface area contributed by atoms with Gasteiger partial charge in [-0.15, -0.1) is 0 Å². The van der Waals surface area contributed by atoms with E-state index in [2.05, 4.69) is 41.0 Å². The Kier molecular flexibility index (Phi) is 4.85. The Hall–Kier alpha value is -2.82. The quantitative estimate of drug-likeness (QED) is 0.676. The third kappa shape index (κ3) is 3.61. The average Bonchev–Trinajstić information content (AvgIpc) is 3.44. The molecule has 1 amide bonds. The Morgan fingerprint density at radius 2 is 1.97 bits per heavy atom. The molecular formula is C24H29N3O2. The van der Waals surface area contributed by atoms with Gasteiger partial charge in [0.15, 0.2) is 0 Å². The molecule has 5 heteroatoms. The summed E-state index contributed by atoms with van der Waals surface area (Å²) in [7, 11) is 2.00. The molecule has 1 aromatic carbocycles. The van der Waals surface area contributed by atoms with Crippen LogP contribution in [0.5, 0.6) is 0 Å². The first-order valence-corrected chi connectivity index (χ1v) is 10.4. The standard InChI is InChI=1S/C24H29N3O2/c1-13(2)21-12-27(5)22-18(21)9-17(16-6-7-16)10-19(22)23(28)25-11-20-14(3)8-15(4)26-24(20)29/h8-10,12-13,16H,6-7,11H2,1-5H3,(H,25,28)(H,26,29). The van der Waals surface area contributed by atoms with E-state index in [-0.39, 0.29) is 18.0 Å². The van der Waals surface area contributed by atoms with Crippen molar-refractivity contribution >= 4 is 16.8 Å². The van der Waals surface area contributed by atoms with E-state index in [1.165, 1.54) is 29.4 Å². The summed E-state index contributed by atoms with van der Waals surface area (Å²) in [5.74, 6) is 0.819. The topological polar surface area (TPSA) is 66.9 Å². The predicted molar refractivity (Wildman–Crippen MR) is 117 cm³/mol. The smallest absolute Gasteiger partial charge is 0.253 e. The number of aromatic amines is 1. The molecule has 2 heterocycles. The summed E-state index contributed by atoms with van der Waals surface area (Å²) in [6, 6.07) is 6.25. The van der Waals surface area contributed by atoms with Crippen LogP contribution in [0.4, 0.5) is 0 Å². The van der Waals surface area contributed by atoms with Crippen molar-refractivity contribution in [2.24, 2.45) is 7.05 Å². The first kappa shape index (κ1) is 19.5. The van der Waals surface area contributed by atoms with Crippen LogP contribution in [0.15, 0.2) is 29.2 Å². The van der Waals surface area contributed by atoms with E-state index in [0.29, 0.717) is 23.0 Å². The molecule has 1 fully saturated rings. The fourth-order valence-electron chi connectivity index (χ4n) is 4.25. The molecule has 0 atom stereocenters. The van der Waals surface area contributed by atoms with Crippen LogP contribution in [0.25, 0.3) is 10.9 Å². The number of rotatable bonds is 5. The van der Waals surface area contributed by atoms with E-state index in [9.17, 15) is 9.59 Å². The van der Waals surface area contributed by atoms with Crippen LogP contribution in [0.1, 0.15) is 76.8 Å². The number of nitrogens with zero attached hydrogens (tertiary/aromatic N) is 1. The van der Waals surface area contributed by atoms with Crippen LogP contribution < -0.4 is 10.9 Å². The molecular weight excluding hydrogens is 362 g/mol. The number of pyridine rings is 1. The lowest BCUT2D eigenvalue weighted by Crippen LogP contribution is -2.28. The lowest BCUT2D eigenvalue weighted by molar-refractivity contribution is 0.0952. The van der Waals surface area contributed by atoms with Crippen molar-refractivity contribution in [3.63, 3.8) is 0 Å². The molecule has 0 saturated heterocycles. The van der Waals surface area contributed by atoms with Gasteiger partial charge in [-0.1, -0.05) is 13.8 Å². The van der Waals surface area contributed by atoms with Crippen LogP contribution in [-0.2, 0) is 13.6 Å². The highest BCUT2D eigenvalue weighted by atomic mass is 16.1. The molecule has 2 N–H and O–H groups in total. The molecule has 5 nitrogen and oxygen atoms in total. The minimum absolute atomic E-state index is 0.131. The zero-order valence-electron chi connectivity index (χ0n) is 17.8. The number of aryl methyl sites for hydroxylation is 3. The van der Waals surface area contributed by atoms with Gasteiger partial charge in [0.2, 0.25) is 0 Å². The zero-order valence-corrected chi connectivity index (χ0v) is 17.8. The number of nitrogens with one attached hydrogen (secondary N) is 2. The van der Waals surface area contributed by atoms with Gasteiger partial charge in [0.25, 0.3) is 11.5 Å². The Labute approximate surface area is 171 Å². The third-order valence-corrected chi connectivity index (χ3v) is 5.96. The average molecular weight is 392 g/mol. The number of carbonyl (C=O) groups excluding carboxylic acids is 1. The van der Waals surface area contributed by atoms with Crippen molar-refractivity contribution in [3.8, 4) is 0 Å². The Bertz CT molecular complexity index is 1160. The number of carbonyl (C=O) groups is 1. The van der Waals surface area contributed by atoms with E-state index >= 15 is 0 Å². The highest BCUT2D eigenvalue weighted by Crippen LogP contribution is 2.43. The van der Waals surface area contributed by atoms with Gasteiger partial charge in [0, 0.05) is 36.4 Å². The first-order valence-electron chi connectivity index (χ1n) is 10.4. The summed E-state index contributed by atoms with van der Waals surface area (Å²) in [6.07, 6.45) is 4.51. The lowest BCUT2D eigenvalue weighted by Gasteiger charge is -2.12.